The molecular weight excluding hydrogens is 392 g/mol. The first-order chi connectivity index (χ1) is 14.0. The number of nitrogens with zero attached hydrogens (tertiary/aromatic N) is 3. The minimum atomic E-state index is -0.473. The molecule has 1 aromatic heterocycles. The summed E-state index contributed by atoms with van der Waals surface area (Å²) in [5.74, 6) is 0.647. The molecule has 0 bridgehead atoms. The summed E-state index contributed by atoms with van der Waals surface area (Å²) in [6, 6.07) is 5.25. The van der Waals surface area contributed by atoms with Crippen LogP contribution < -0.4 is 19.7 Å². The standard InChI is InChI=1S/C20H26N4O4S/c1-5-6-12(2)19-22-23-20(29-19)21-18(26)13-9-17(25)24(11-13)15-10-14(27-3)7-8-16(15)28-4/h7-8,10,12-13H,5-6,9,11H2,1-4H3,(H,21,23,26)/t12-,13-/m0/s1. The van der Waals surface area contributed by atoms with Gasteiger partial charge in [0.15, 0.2) is 0 Å². The zero-order chi connectivity index (χ0) is 21.0. The lowest BCUT2D eigenvalue weighted by atomic mass is 10.1. The number of hydrogen-bond donors (Lipinski definition) is 1. The van der Waals surface area contributed by atoms with Gasteiger partial charge in [-0.2, -0.15) is 0 Å². The minimum Gasteiger partial charge on any atom is -0.497 e. The molecule has 0 aliphatic carbocycles. The van der Waals surface area contributed by atoms with E-state index in [0.717, 1.165) is 17.8 Å². The van der Waals surface area contributed by atoms with Crippen LogP contribution in [0.3, 0.4) is 0 Å². The molecule has 9 heteroatoms. The second kappa shape index (κ2) is 9.21. The van der Waals surface area contributed by atoms with Crippen molar-refractivity contribution in [3.05, 3.63) is 23.2 Å². The van der Waals surface area contributed by atoms with Gasteiger partial charge in [0, 0.05) is 24.9 Å². The Hall–Kier alpha value is -2.68. The molecule has 1 aliphatic heterocycles. The number of anilines is 2. The summed E-state index contributed by atoms with van der Waals surface area (Å²) in [6.45, 7) is 4.50. The van der Waals surface area contributed by atoms with Crippen LogP contribution in [0.1, 0.15) is 44.0 Å². The average Bonchev–Trinajstić information content (AvgIpc) is 3.34. The smallest absolute Gasteiger partial charge is 0.231 e. The SMILES string of the molecule is CCC[C@H](C)c1nnc(NC(=O)[C@H]2CC(=O)N(c3cc(OC)ccc3OC)C2)s1. The van der Waals surface area contributed by atoms with Crippen LogP contribution in [-0.4, -0.2) is 42.8 Å². The van der Waals surface area contributed by atoms with E-state index >= 15 is 0 Å². The average molecular weight is 419 g/mol. The van der Waals surface area contributed by atoms with E-state index in [1.54, 1.807) is 37.3 Å². The summed E-state index contributed by atoms with van der Waals surface area (Å²) >= 11 is 1.39. The van der Waals surface area contributed by atoms with E-state index < -0.39 is 5.92 Å². The summed E-state index contributed by atoms with van der Waals surface area (Å²) in [6.07, 6.45) is 2.22. The molecule has 2 heterocycles. The van der Waals surface area contributed by atoms with Crippen LogP contribution in [0.15, 0.2) is 18.2 Å². The minimum absolute atomic E-state index is 0.129. The summed E-state index contributed by atoms with van der Waals surface area (Å²) in [5, 5.41) is 12.5. The zero-order valence-electron chi connectivity index (χ0n) is 17.1. The second-order valence-electron chi connectivity index (χ2n) is 7.07. The third kappa shape index (κ3) is 4.67. The number of amides is 2. The van der Waals surface area contributed by atoms with Crippen LogP contribution in [-0.2, 0) is 9.59 Å². The summed E-state index contributed by atoms with van der Waals surface area (Å²) in [5.41, 5.74) is 0.596. The highest BCUT2D eigenvalue weighted by Gasteiger charge is 2.37. The number of ether oxygens (including phenoxy) is 2. The normalized spacial score (nSPS) is 17.3. The predicted octanol–water partition coefficient (Wildman–Crippen LogP) is 3.45. The predicted molar refractivity (Wildman–Crippen MR) is 112 cm³/mol. The molecule has 1 aliphatic rings. The molecule has 29 heavy (non-hydrogen) atoms. The van der Waals surface area contributed by atoms with E-state index in [0.29, 0.717) is 28.2 Å². The molecule has 1 N–H and O–H groups in total. The van der Waals surface area contributed by atoms with Crippen LogP contribution in [0, 0.1) is 5.92 Å². The number of methoxy groups -OCH3 is 2. The molecule has 2 amide bonds. The Balaban J connectivity index is 1.70. The topological polar surface area (TPSA) is 93.7 Å². The third-order valence-electron chi connectivity index (χ3n) is 4.99. The van der Waals surface area contributed by atoms with Gasteiger partial charge < -0.3 is 19.7 Å². The first-order valence-electron chi connectivity index (χ1n) is 9.63. The molecule has 0 radical (unpaired) electrons. The number of carbonyl (C=O) groups excluding carboxylic acids is 2. The Kier molecular flexibility index (Phi) is 6.68. The maximum atomic E-state index is 12.7. The molecule has 8 nitrogen and oxygen atoms in total. The maximum Gasteiger partial charge on any atom is 0.231 e. The third-order valence-corrected chi connectivity index (χ3v) is 6.06. The maximum absolute atomic E-state index is 12.7. The molecule has 1 fully saturated rings. The van der Waals surface area contributed by atoms with Crippen molar-refractivity contribution in [3.8, 4) is 11.5 Å². The van der Waals surface area contributed by atoms with Crippen LogP contribution in [0.5, 0.6) is 11.5 Å². The summed E-state index contributed by atoms with van der Waals surface area (Å²) in [7, 11) is 3.11. The van der Waals surface area contributed by atoms with Gasteiger partial charge in [-0.1, -0.05) is 31.6 Å². The van der Waals surface area contributed by atoms with E-state index in [9.17, 15) is 9.59 Å². The Bertz CT molecular complexity index is 885. The summed E-state index contributed by atoms with van der Waals surface area (Å²) in [4.78, 5) is 26.9. The highest BCUT2D eigenvalue weighted by atomic mass is 32.1. The quantitative estimate of drug-likeness (QED) is 0.706. The van der Waals surface area contributed by atoms with Gasteiger partial charge in [-0.05, 0) is 18.6 Å². The molecule has 0 unspecified atom stereocenters. The van der Waals surface area contributed by atoms with Crippen molar-refractivity contribution in [3.63, 3.8) is 0 Å². The number of aromatic nitrogens is 2. The first kappa shape index (κ1) is 21.0. The molecular formula is C20H26N4O4S. The summed E-state index contributed by atoms with van der Waals surface area (Å²) < 4.78 is 10.6. The monoisotopic (exact) mass is 418 g/mol. The van der Waals surface area contributed by atoms with Gasteiger partial charge in [-0.3, -0.25) is 9.59 Å². The molecule has 0 spiro atoms. The molecule has 1 aromatic carbocycles. The fourth-order valence-electron chi connectivity index (χ4n) is 3.37. The number of nitrogens with one attached hydrogen (secondary N) is 1. The first-order valence-corrected chi connectivity index (χ1v) is 10.4. The van der Waals surface area contributed by atoms with Crippen molar-refractivity contribution >= 4 is 34.0 Å². The van der Waals surface area contributed by atoms with E-state index in [2.05, 4.69) is 29.4 Å². The van der Waals surface area contributed by atoms with Gasteiger partial charge in [0.2, 0.25) is 16.9 Å². The van der Waals surface area contributed by atoms with Crippen molar-refractivity contribution in [2.24, 2.45) is 5.92 Å². The van der Waals surface area contributed by atoms with Crippen LogP contribution >= 0.6 is 11.3 Å². The van der Waals surface area contributed by atoms with Gasteiger partial charge >= 0.3 is 0 Å². The highest BCUT2D eigenvalue weighted by molar-refractivity contribution is 7.15. The lowest BCUT2D eigenvalue weighted by Crippen LogP contribution is -2.28. The van der Waals surface area contributed by atoms with Crippen LogP contribution in [0.4, 0.5) is 10.8 Å². The van der Waals surface area contributed by atoms with Gasteiger partial charge in [0.1, 0.15) is 16.5 Å². The van der Waals surface area contributed by atoms with Crippen LogP contribution in [0.2, 0.25) is 0 Å². The van der Waals surface area contributed by atoms with Gasteiger partial charge in [0.05, 0.1) is 25.8 Å². The van der Waals surface area contributed by atoms with E-state index in [1.807, 2.05) is 0 Å². The van der Waals surface area contributed by atoms with Gasteiger partial charge in [-0.25, -0.2) is 0 Å². The van der Waals surface area contributed by atoms with E-state index in [1.165, 1.54) is 11.3 Å². The Labute approximate surface area is 174 Å². The number of rotatable bonds is 8. The van der Waals surface area contributed by atoms with Gasteiger partial charge in [0.25, 0.3) is 0 Å². The lowest BCUT2D eigenvalue weighted by Gasteiger charge is -2.20. The molecule has 2 atom stereocenters. The fourth-order valence-corrected chi connectivity index (χ4v) is 4.20. The Morgan fingerprint density at radius 2 is 2.14 bits per heavy atom. The van der Waals surface area contributed by atoms with Crippen molar-refractivity contribution in [1.82, 2.24) is 10.2 Å². The van der Waals surface area contributed by atoms with Crippen LogP contribution in [0.25, 0.3) is 0 Å². The zero-order valence-corrected chi connectivity index (χ0v) is 17.9. The van der Waals surface area contributed by atoms with Gasteiger partial charge in [-0.15, -0.1) is 10.2 Å². The number of carbonyl (C=O) groups is 2. The number of hydrogen-bond acceptors (Lipinski definition) is 7. The number of benzene rings is 1. The Morgan fingerprint density at radius 3 is 2.83 bits per heavy atom. The second-order valence-corrected chi connectivity index (χ2v) is 8.08. The largest absolute Gasteiger partial charge is 0.497 e. The van der Waals surface area contributed by atoms with Crippen molar-refractivity contribution in [1.29, 1.82) is 0 Å². The molecule has 0 saturated carbocycles. The molecule has 3 rings (SSSR count). The van der Waals surface area contributed by atoms with E-state index in [4.69, 9.17) is 9.47 Å². The highest BCUT2D eigenvalue weighted by Crippen LogP contribution is 2.36. The van der Waals surface area contributed by atoms with Crippen molar-refractivity contribution in [2.75, 3.05) is 31.0 Å². The molecule has 156 valence electrons. The van der Waals surface area contributed by atoms with Crippen molar-refractivity contribution in [2.45, 2.75) is 39.0 Å². The fraction of sp³-hybridized carbons (Fsp3) is 0.500. The molecule has 1 saturated heterocycles. The van der Waals surface area contributed by atoms with E-state index in [-0.39, 0.29) is 24.8 Å². The molecule has 2 aromatic rings. The van der Waals surface area contributed by atoms with Crippen molar-refractivity contribution < 1.29 is 19.1 Å². The lowest BCUT2D eigenvalue weighted by molar-refractivity contribution is -0.122. The Morgan fingerprint density at radius 1 is 1.34 bits per heavy atom.